The third kappa shape index (κ3) is 8.01. The van der Waals surface area contributed by atoms with E-state index in [1.807, 2.05) is 39.8 Å². The van der Waals surface area contributed by atoms with E-state index < -0.39 is 28.5 Å². The second-order valence-corrected chi connectivity index (χ2v) is 12.2. The Labute approximate surface area is 248 Å². The molecule has 2 amide bonds. The van der Waals surface area contributed by atoms with Gasteiger partial charge in [-0.25, -0.2) is 8.42 Å². The molecule has 1 N–H and O–H groups in total. The van der Waals surface area contributed by atoms with Crippen LogP contribution in [0.3, 0.4) is 0 Å². The number of methoxy groups -OCH3 is 1. The highest BCUT2D eigenvalue weighted by Gasteiger charge is 2.34. The molecule has 0 saturated carbocycles. The van der Waals surface area contributed by atoms with Crippen molar-refractivity contribution in [2.24, 2.45) is 0 Å². The molecule has 0 unspecified atom stereocenters. The summed E-state index contributed by atoms with van der Waals surface area (Å²) >= 11 is 6.47. The first-order valence-corrected chi connectivity index (χ1v) is 15.4. The number of rotatable bonds is 13. The molecule has 0 aromatic heterocycles. The first-order valence-electron chi connectivity index (χ1n) is 13.6. The van der Waals surface area contributed by atoms with Gasteiger partial charge in [0.2, 0.25) is 11.8 Å². The van der Waals surface area contributed by atoms with Gasteiger partial charge < -0.3 is 15.0 Å². The number of carbonyl (C=O) groups is 2. The minimum absolute atomic E-state index is 0.0269. The van der Waals surface area contributed by atoms with Gasteiger partial charge in [-0.05, 0) is 68.7 Å². The summed E-state index contributed by atoms with van der Waals surface area (Å²) in [7, 11) is -2.63. The van der Waals surface area contributed by atoms with Gasteiger partial charge >= 0.3 is 0 Å². The van der Waals surface area contributed by atoms with Crippen LogP contribution >= 0.6 is 11.6 Å². The Morgan fingerprint density at radius 3 is 2.15 bits per heavy atom. The van der Waals surface area contributed by atoms with Crippen molar-refractivity contribution >= 4 is 39.1 Å². The number of benzene rings is 3. The van der Waals surface area contributed by atoms with Crippen LogP contribution in [-0.4, -0.2) is 50.9 Å². The molecule has 8 nitrogen and oxygen atoms in total. The number of ether oxygens (including phenoxy) is 1. The second kappa shape index (κ2) is 14.4. The molecule has 3 aromatic rings. The Morgan fingerprint density at radius 2 is 1.59 bits per heavy atom. The van der Waals surface area contributed by atoms with Crippen LogP contribution in [0.4, 0.5) is 5.69 Å². The van der Waals surface area contributed by atoms with E-state index in [2.05, 4.69) is 5.32 Å². The predicted octanol–water partition coefficient (Wildman–Crippen LogP) is 5.57. The number of hydrogen-bond donors (Lipinski definition) is 1. The average Bonchev–Trinajstić information content (AvgIpc) is 2.96. The normalized spacial score (nSPS) is 12.7. The maximum Gasteiger partial charge on any atom is 0.264 e. The van der Waals surface area contributed by atoms with Gasteiger partial charge in [0.25, 0.3) is 10.0 Å². The van der Waals surface area contributed by atoms with E-state index in [0.717, 1.165) is 21.9 Å². The first-order chi connectivity index (χ1) is 19.5. The molecule has 0 fully saturated rings. The molecule has 220 valence electrons. The highest BCUT2D eigenvalue weighted by molar-refractivity contribution is 7.92. The van der Waals surface area contributed by atoms with Crippen LogP contribution < -0.4 is 14.4 Å². The van der Waals surface area contributed by atoms with Crippen molar-refractivity contribution in [2.75, 3.05) is 18.0 Å². The van der Waals surface area contributed by atoms with E-state index in [0.29, 0.717) is 12.2 Å². The number of carbonyl (C=O) groups excluding carboxylic acids is 2. The van der Waals surface area contributed by atoms with Crippen LogP contribution in [0.1, 0.15) is 44.7 Å². The molecule has 2 atom stereocenters. The number of sulfonamides is 1. The molecule has 0 aliphatic carbocycles. The standard InChI is InChI=1S/C31H38ClN3O5S/c1-6-23(4)33-31(37)28(7-2)34(20-24-14-16-25(40-5)17-15-24)30(36)21-35(29-11-9-8-10-27(29)32)41(38,39)26-18-12-22(3)13-19-26/h8-19,23,28H,6-7,20-21H2,1-5H3,(H,33,37)/t23-,28+/m0/s1. The smallest absolute Gasteiger partial charge is 0.264 e. The minimum atomic E-state index is -4.20. The van der Waals surface area contributed by atoms with Crippen molar-refractivity contribution in [1.82, 2.24) is 10.2 Å². The maximum absolute atomic E-state index is 14.1. The van der Waals surface area contributed by atoms with Crippen molar-refractivity contribution in [2.45, 2.75) is 64.1 Å². The van der Waals surface area contributed by atoms with Gasteiger partial charge in [-0.3, -0.25) is 13.9 Å². The van der Waals surface area contributed by atoms with Crippen LogP contribution in [0.2, 0.25) is 5.02 Å². The van der Waals surface area contributed by atoms with E-state index in [1.54, 1.807) is 55.6 Å². The fourth-order valence-electron chi connectivity index (χ4n) is 4.29. The number of nitrogens with one attached hydrogen (secondary N) is 1. The van der Waals surface area contributed by atoms with Crippen molar-refractivity contribution in [3.05, 3.63) is 88.9 Å². The number of anilines is 1. The lowest BCUT2D eigenvalue weighted by Gasteiger charge is -2.34. The lowest BCUT2D eigenvalue weighted by atomic mass is 10.1. The average molecular weight is 600 g/mol. The number of aryl methyl sites for hydroxylation is 1. The fourth-order valence-corrected chi connectivity index (χ4v) is 6.01. The van der Waals surface area contributed by atoms with Gasteiger partial charge in [0.1, 0.15) is 18.3 Å². The van der Waals surface area contributed by atoms with Crippen LogP contribution in [0.25, 0.3) is 0 Å². The molecule has 0 radical (unpaired) electrons. The number of para-hydroxylation sites is 1. The third-order valence-electron chi connectivity index (χ3n) is 6.91. The van der Waals surface area contributed by atoms with Gasteiger partial charge in [0.15, 0.2) is 0 Å². The highest BCUT2D eigenvalue weighted by atomic mass is 35.5. The second-order valence-electron chi connectivity index (χ2n) is 9.89. The SMILES string of the molecule is CC[C@H](C(=O)N[C@@H](C)CC)N(Cc1ccc(OC)cc1)C(=O)CN(c1ccccc1Cl)S(=O)(=O)c1ccc(C)cc1. The van der Waals surface area contributed by atoms with Crippen LogP contribution in [0.15, 0.2) is 77.7 Å². The Kier molecular flexibility index (Phi) is 11.2. The van der Waals surface area contributed by atoms with E-state index in [-0.39, 0.29) is 34.1 Å². The third-order valence-corrected chi connectivity index (χ3v) is 9.00. The van der Waals surface area contributed by atoms with Gasteiger partial charge in [0, 0.05) is 12.6 Å². The summed E-state index contributed by atoms with van der Waals surface area (Å²) in [6, 6.07) is 19.1. The highest BCUT2D eigenvalue weighted by Crippen LogP contribution is 2.31. The lowest BCUT2D eigenvalue weighted by Crippen LogP contribution is -2.53. The molecule has 0 heterocycles. The molecule has 41 heavy (non-hydrogen) atoms. The van der Waals surface area contributed by atoms with Gasteiger partial charge in [-0.15, -0.1) is 0 Å². The molecule has 0 aliphatic heterocycles. The van der Waals surface area contributed by atoms with Gasteiger partial charge in [-0.1, -0.05) is 67.4 Å². The summed E-state index contributed by atoms with van der Waals surface area (Å²) < 4.78 is 34.2. The minimum Gasteiger partial charge on any atom is -0.497 e. The van der Waals surface area contributed by atoms with Crippen LogP contribution in [-0.2, 0) is 26.2 Å². The fraction of sp³-hybridized carbons (Fsp3) is 0.355. The Morgan fingerprint density at radius 1 is 0.951 bits per heavy atom. The molecule has 0 bridgehead atoms. The molecular weight excluding hydrogens is 562 g/mol. The van der Waals surface area contributed by atoms with E-state index >= 15 is 0 Å². The summed E-state index contributed by atoms with van der Waals surface area (Å²) in [5.41, 5.74) is 1.83. The summed E-state index contributed by atoms with van der Waals surface area (Å²) in [5.74, 6) is -0.181. The molecule has 3 aromatic carbocycles. The number of halogens is 1. The van der Waals surface area contributed by atoms with Gasteiger partial charge in [-0.2, -0.15) is 0 Å². The summed E-state index contributed by atoms with van der Waals surface area (Å²) in [5, 5.41) is 3.15. The summed E-state index contributed by atoms with van der Waals surface area (Å²) in [6.07, 6.45) is 1.06. The molecule has 0 aliphatic rings. The van der Waals surface area contributed by atoms with Crippen LogP contribution in [0.5, 0.6) is 5.75 Å². The molecule has 3 rings (SSSR count). The number of nitrogens with zero attached hydrogens (tertiary/aromatic N) is 2. The lowest BCUT2D eigenvalue weighted by molar-refractivity contribution is -0.140. The van der Waals surface area contributed by atoms with E-state index in [9.17, 15) is 18.0 Å². The van der Waals surface area contributed by atoms with Gasteiger partial charge in [0.05, 0.1) is 22.7 Å². The maximum atomic E-state index is 14.1. The number of hydrogen-bond acceptors (Lipinski definition) is 5. The zero-order valence-electron chi connectivity index (χ0n) is 24.1. The molecule has 0 spiro atoms. The topological polar surface area (TPSA) is 96.0 Å². The monoisotopic (exact) mass is 599 g/mol. The quantitative estimate of drug-likeness (QED) is 0.277. The zero-order valence-corrected chi connectivity index (χ0v) is 25.7. The predicted molar refractivity (Wildman–Crippen MR) is 163 cm³/mol. The van der Waals surface area contributed by atoms with Crippen molar-refractivity contribution in [3.8, 4) is 5.75 Å². The Balaban J connectivity index is 2.06. The van der Waals surface area contributed by atoms with E-state index in [1.165, 1.54) is 17.0 Å². The summed E-state index contributed by atoms with van der Waals surface area (Å²) in [4.78, 5) is 29.0. The van der Waals surface area contributed by atoms with Crippen molar-refractivity contribution < 1.29 is 22.7 Å². The first kappa shape index (κ1) is 32.0. The zero-order chi connectivity index (χ0) is 30.2. The molecule has 0 saturated heterocycles. The molecular formula is C31H38ClN3O5S. The Bertz CT molecular complexity index is 1430. The Hall–Kier alpha value is -3.56. The summed E-state index contributed by atoms with van der Waals surface area (Å²) in [6.45, 7) is 7.08. The largest absolute Gasteiger partial charge is 0.497 e. The van der Waals surface area contributed by atoms with Crippen molar-refractivity contribution in [1.29, 1.82) is 0 Å². The van der Waals surface area contributed by atoms with Crippen molar-refractivity contribution in [3.63, 3.8) is 0 Å². The number of amides is 2. The van der Waals surface area contributed by atoms with E-state index in [4.69, 9.17) is 16.3 Å². The molecule has 10 heteroatoms. The van der Waals surface area contributed by atoms with Crippen LogP contribution in [0, 0.1) is 6.92 Å².